The molecule has 1 fully saturated rings. The number of carbonyl (C=O) groups is 1. The van der Waals surface area contributed by atoms with Crippen LogP contribution in [0.4, 0.5) is 4.79 Å². The van der Waals surface area contributed by atoms with Gasteiger partial charge in [-0.2, -0.15) is 0 Å². The predicted molar refractivity (Wildman–Crippen MR) is 82.2 cm³/mol. The van der Waals surface area contributed by atoms with Crippen LogP contribution in [-0.2, 0) is 16.2 Å². The molecular weight excluding hydrogens is 336 g/mol. The standard InChI is InChI=1S/C15H17BrN2O3/c16-13-9-15(21-17-13)7-4-8-18(11-15)14(19)20-10-12-5-2-1-3-6-12/h1-3,5-6H,4,7-11H2. The predicted octanol–water partition coefficient (Wildman–Crippen LogP) is 3.29. The van der Waals surface area contributed by atoms with Crippen LogP contribution in [0.1, 0.15) is 24.8 Å². The van der Waals surface area contributed by atoms with E-state index in [1.54, 1.807) is 4.90 Å². The van der Waals surface area contributed by atoms with Crippen LogP contribution in [-0.4, -0.2) is 34.3 Å². The van der Waals surface area contributed by atoms with E-state index in [-0.39, 0.29) is 11.7 Å². The van der Waals surface area contributed by atoms with E-state index in [9.17, 15) is 4.79 Å². The highest BCUT2D eigenvalue weighted by Crippen LogP contribution is 2.34. The molecule has 6 heteroatoms. The molecule has 112 valence electrons. The molecule has 2 aliphatic rings. The molecule has 0 N–H and O–H groups in total. The Balaban J connectivity index is 1.55. The zero-order valence-electron chi connectivity index (χ0n) is 11.6. The van der Waals surface area contributed by atoms with Crippen molar-refractivity contribution in [2.45, 2.75) is 31.5 Å². The summed E-state index contributed by atoms with van der Waals surface area (Å²) in [7, 11) is 0. The van der Waals surface area contributed by atoms with Crippen molar-refractivity contribution in [3.63, 3.8) is 0 Å². The van der Waals surface area contributed by atoms with Crippen LogP contribution in [0.5, 0.6) is 0 Å². The first-order valence-corrected chi connectivity index (χ1v) is 7.82. The molecule has 5 nitrogen and oxygen atoms in total. The van der Waals surface area contributed by atoms with Gasteiger partial charge in [0.15, 0.2) is 5.60 Å². The SMILES string of the molecule is O=C(OCc1ccccc1)N1CCCC2(CC(Br)=NO2)C1. The summed E-state index contributed by atoms with van der Waals surface area (Å²) in [5.41, 5.74) is 0.615. The lowest BCUT2D eigenvalue weighted by Crippen LogP contribution is -2.50. The minimum Gasteiger partial charge on any atom is -0.445 e. The number of oxime groups is 1. The van der Waals surface area contributed by atoms with E-state index in [1.807, 2.05) is 30.3 Å². The average Bonchev–Trinajstić information content (AvgIpc) is 2.86. The molecule has 2 heterocycles. The van der Waals surface area contributed by atoms with Crippen LogP contribution in [0, 0.1) is 0 Å². The Bertz CT molecular complexity index is 549. The number of hydrogen-bond donors (Lipinski definition) is 0. The molecule has 1 atom stereocenters. The largest absolute Gasteiger partial charge is 0.445 e. The second-order valence-corrected chi connectivity index (χ2v) is 6.40. The number of halogens is 1. The summed E-state index contributed by atoms with van der Waals surface area (Å²) in [5.74, 6) is 0. The van der Waals surface area contributed by atoms with Gasteiger partial charge in [0.1, 0.15) is 11.2 Å². The second-order valence-electron chi connectivity index (χ2n) is 5.48. The highest BCUT2D eigenvalue weighted by molar-refractivity contribution is 9.18. The van der Waals surface area contributed by atoms with Crippen molar-refractivity contribution in [3.8, 4) is 0 Å². The van der Waals surface area contributed by atoms with Crippen LogP contribution in [0.3, 0.4) is 0 Å². The van der Waals surface area contributed by atoms with Gasteiger partial charge in [0.2, 0.25) is 0 Å². The van der Waals surface area contributed by atoms with Gasteiger partial charge in [0.25, 0.3) is 0 Å². The first kappa shape index (κ1) is 14.4. The van der Waals surface area contributed by atoms with E-state index in [4.69, 9.17) is 9.57 Å². The zero-order valence-corrected chi connectivity index (χ0v) is 13.2. The lowest BCUT2D eigenvalue weighted by molar-refractivity contribution is -0.0660. The molecule has 0 saturated carbocycles. The summed E-state index contributed by atoms with van der Waals surface area (Å²) in [4.78, 5) is 19.4. The van der Waals surface area contributed by atoms with Gasteiger partial charge in [-0.1, -0.05) is 35.5 Å². The van der Waals surface area contributed by atoms with Gasteiger partial charge in [-0.05, 0) is 34.3 Å². The topological polar surface area (TPSA) is 51.1 Å². The van der Waals surface area contributed by atoms with Gasteiger partial charge in [0, 0.05) is 13.0 Å². The van der Waals surface area contributed by atoms with Gasteiger partial charge in [0.05, 0.1) is 6.54 Å². The molecule has 0 bridgehead atoms. The summed E-state index contributed by atoms with van der Waals surface area (Å²) < 4.78 is 6.19. The molecule has 0 aromatic heterocycles. The smallest absolute Gasteiger partial charge is 0.410 e. The Morgan fingerprint density at radius 1 is 1.43 bits per heavy atom. The van der Waals surface area contributed by atoms with Gasteiger partial charge in [-0.3, -0.25) is 0 Å². The molecule has 1 amide bonds. The number of hydrogen-bond acceptors (Lipinski definition) is 4. The van der Waals surface area contributed by atoms with E-state index in [2.05, 4.69) is 21.1 Å². The fourth-order valence-corrected chi connectivity index (χ4v) is 3.34. The summed E-state index contributed by atoms with van der Waals surface area (Å²) in [6, 6.07) is 9.68. The number of rotatable bonds is 2. The number of carbonyl (C=O) groups excluding carboxylic acids is 1. The molecule has 1 aromatic carbocycles. The molecule has 1 aromatic rings. The van der Waals surface area contributed by atoms with E-state index < -0.39 is 0 Å². The molecule has 0 radical (unpaired) electrons. The van der Waals surface area contributed by atoms with Crippen LogP contribution < -0.4 is 0 Å². The Morgan fingerprint density at radius 3 is 2.95 bits per heavy atom. The Labute approximate surface area is 132 Å². The lowest BCUT2D eigenvalue weighted by Gasteiger charge is -2.37. The van der Waals surface area contributed by atoms with E-state index in [0.717, 1.165) is 29.4 Å². The highest BCUT2D eigenvalue weighted by atomic mass is 79.9. The molecule has 1 saturated heterocycles. The van der Waals surface area contributed by atoms with Crippen molar-refractivity contribution in [3.05, 3.63) is 35.9 Å². The summed E-state index contributed by atoms with van der Waals surface area (Å²) >= 11 is 3.36. The quantitative estimate of drug-likeness (QED) is 0.820. The second kappa shape index (κ2) is 6.05. The maximum atomic E-state index is 12.2. The molecule has 0 aliphatic carbocycles. The van der Waals surface area contributed by atoms with Crippen molar-refractivity contribution >= 4 is 26.6 Å². The van der Waals surface area contributed by atoms with Gasteiger partial charge >= 0.3 is 6.09 Å². The Hall–Kier alpha value is -1.56. The molecular formula is C15H17BrN2O3. The van der Waals surface area contributed by atoms with Gasteiger partial charge < -0.3 is 14.5 Å². The fraction of sp³-hybridized carbons (Fsp3) is 0.467. The van der Waals surface area contributed by atoms with Crippen molar-refractivity contribution in [1.29, 1.82) is 0 Å². The maximum absolute atomic E-state index is 12.2. The van der Waals surface area contributed by atoms with E-state index in [0.29, 0.717) is 19.7 Å². The van der Waals surface area contributed by atoms with Crippen molar-refractivity contribution < 1.29 is 14.4 Å². The average molecular weight is 353 g/mol. The van der Waals surface area contributed by atoms with Crippen LogP contribution in [0.25, 0.3) is 0 Å². The van der Waals surface area contributed by atoms with Crippen LogP contribution in [0.2, 0.25) is 0 Å². The Morgan fingerprint density at radius 2 is 2.24 bits per heavy atom. The minimum atomic E-state index is -0.372. The number of ether oxygens (including phenoxy) is 1. The fourth-order valence-electron chi connectivity index (χ4n) is 2.76. The third-order valence-corrected chi connectivity index (χ3v) is 4.23. The van der Waals surface area contributed by atoms with Crippen molar-refractivity contribution in [2.24, 2.45) is 5.16 Å². The highest BCUT2D eigenvalue weighted by Gasteiger charge is 2.44. The monoisotopic (exact) mass is 352 g/mol. The molecule has 21 heavy (non-hydrogen) atoms. The lowest BCUT2D eigenvalue weighted by atomic mass is 9.91. The van der Waals surface area contributed by atoms with Gasteiger partial charge in [-0.15, -0.1) is 0 Å². The summed E-state index contributed by atoms with van der Waals surface area (Å²) in [5, 5.41) is 3.95. The minimum absolute atomic E-state index is 0.287. The molecule has 1 unspecified atom stereocenters. The molecule has 2 aliphatic heterocycles. The normalized spacial score (nSPS) is 24.6. The van der Waals surface area contributed by atoms with Crippen molar-refractivity contribution in [2.75, 3.05) is 13.1 Å². The van der Waals surface area contributed by atoms with Gasteiger partial charge in [-0.25, -0.2) is 4.79 Å². The van der Waals surface area contributed by atoms with Crippen LogP contribution >= 0.6 is 15.9 Å². The van der Waals surface area contributed by atoms with E-state index in [1.165, 1.54) is 0 Å². The summed E-state index contributed by atoms with van der Waals surface area (Å²) in [6.07, 6.45) is 2.24. The first-order valence-electron chi connectivity index (χ1n) is 7.03. The third kappa shape index (κ3) is 3.37. The first-order chi connectivity index (χ1) is 10.2. The van der Waals surface area contributed by atoms with E-state index >= 15 is 0 Å². The zero-order chi connectivity index (χ0) is 14.7. The molecule has 1 spiro atoms. The summed E-state index contributed by atoms with van der Waals surface area (Å²) in [6.45, 7) is 1.53. The Kier molecular flexibility index (Phi) is 4.14. The molecule has 3 rings (SSSR count). The number of amides is 1. The number of benzene rings is 1. The number of likely N-dealkylation sites (tertiary alicyclic amines) is 1. The van der Waals surface area contributed by atoms with Crippen molar-refractivity contribution in [1.82, 2.24) is 4.90 Å². The number of nitrogens with zero attached hydrogens (tertiary/aromatic N) is 2. The third-order valence-electron chi connectivity index (χ3n) is 3.81. The van der Waals surface area contributed by atoms with Crippen LogP contribution in [0.15, 0.2) is 35.5 Å². The number of piperidine rings is 1. The maximum Gasteiger partial charge on any atom is 0.410 e.